The highest BCUT2D eigenvalue weighted by Gasteiger charge is 2.39. The maximum absolute atomic E-state index is 12.0. The highest BCUT2D eigenvalue weighted by atomic mass is 16.6. The summed E-state index contributed by atoms with van der Waals surface area (Å²) in [5.41, 5.74) is 0.918. The molecule has 2 atom stereocenters. The first-order chi connectivity index (χ1) is 9.61. The number of carbonyl (C=O) groups is 2. The van der Waals surface area contributed by atoms with Gasteiger partial charge in [0.15, 0.2) is 0 Å². The van der Waals surface area contributed by atoms with Gasteiger partial charge in [0, 0.05) is 13.1 Å². The standard InChI is InChI=1S/C15H19NO4/c1-2-12-8-16(9-13(12)14(17)18)15(19)20-10-11-6-4-3-5-7-11/h3-7,12-13H,2,8-10H2,1H3,(H,17,18)/t12-,13-/m0/s1. The van der Waals surface area contributed by atoms with Crippen molar-refractivity contribution in [3.63, 3.8) is 0 Å². The Kier molecular flexibility index (Phi) is 4.61. The van der Waals surface area contributed by atoms with Gasteiger partial charge in [-0.25, -0.2) is 4.79 Å². The van der Waals surface area contributed by atoms with Crippen molar-refractivity contribution in [1.82, 2.24) is 4.90 Å². The Morgan fingerprint density at radius 2 is 2.00 bits per heavy atom. The summed E-state index contributed by atoms with van der Waals surface area (Å²) in [6, 6.07) is 9.42. The van der Waals surface area contributed by atoms with Crippen molar-refractivity contribution in [1.29, 1.82) is 0 Å². The zero-order valence-corrected chi connectivity index (χ0v) is 11.5. The third kappa shape index (κ3) is 3.29. The number of likely N-dealkylation sites (tertiary alicyclic amines) is 1. The number of hydrogen-bond acceptors (Lipinski definition) is 3. The van der Waals surface area contributed by atoms with Gasteiger partial charge in [0.1, 0.15) is 6.61 Å². The predicted octanol–water partition coefficient (Wildman–Crippen LogP) is 2.37. The van der Waals surface area contributed by atoms with Crippen LogP contribution < -0.4 is 0 Å². The van der Waals surface area contributed by atoms with E-state index in [4.69, 9.17) is 9.84 Å². The second kappa shape index (κ2) is 6.41. The van der Waals surface area contributed by atoms with Gasteiger partial charge in [-0.05, 0) is 11.5 Å². The molecular weight excluding hydrogens is 258 g/mol. The van der Waals surface area contributed by atoms with Crippen molar-refractivity contribution in [2.75, 3.05) is 13.1 Å². The van der Waals surface area contributed by atoms with Crippen LogP contribution in [0.25, 0.3) is 0 Å². The maximum Gasteiger partial charge on any atom is 0.410 e. The van der Waals surface area contributed by atoms with Crippen molar-refractivity contribution in [2.45, 2.75) is 20.0 Å². The SMILES string of the molecule is CC[C@H]1CN(C(=O)OCc2ccccc2)C[C@@H]1C(=O)O. The van der Waals surface area contributed by atoms with Crippen molar-refractivity contribution in [3.05, 3.63) is 35.9 Å². The molecule has 0 spiro atoms. The number of carbonyl (C=O) groups excluding carboxylic acids is 1. The van der Waals surface area contributed by atoms with Crippen molar-refractivity contribution < 1.29 is 19.4 Å². The Bertz CT molecular complexity index is 474. The smallest absolute Gasteiger partial charge is 0.410 e. The van der Waals surface area contributed by atoms with Gasteiger partial charge in [0.05, 0.1) is 5.92 Å². The van der Waals surface area contributed by atoms with Gasteiger partial charge in [0.25, 0.3) is 0 Å². The van der Waals surface area contributed by atoms with Crippen molar-refractivity contribution >= 4 is 12.1 Å². The molecule has 1 fully saturated rings. The number of nitrogens with zero attached hydrogens (tertiary/aromatic N) is 1. The van der Waals surface area contributed by atoms with E-state index in [1.807, 2.05) is 37.3 Å². The van der Waals surface area contributed by atoms with Crippen molar-refractivity contribution in [2.24, 2.45) is 11.8 Å². The molecule has 2 rings (SSSR count). The molecule has 5 heteroatoms. The lowest BCUT2D eigenvalue weighted by molar-refractivity contribution is -0.142. The minimum Gasteiger partial charge on any atom is -0.481 e. The van der Waals surface area contributed by atoms with E-state index in [-0.39, 0.29) is 19.1 Å². The Balaban J connectivity index is 1.89. The summed E-state index contributed by atoms with van der Waals surface area (Å²) >= 11 is 0. The van der Waals surface area contributed by atoms with Crippen LogP contribution in [0.2, 0.25) is 0 Å². The highest BCUT2D eigenvalue weighted by Crippen LogP contribution is 2.26. The number of carboxylic acid groups (broad SMARTS) is 1. The fourth-order valence-corrected chi connectivity index (χ4v) is 2.52. The molecule has 1 N–H and O–H groups in total. The van der Waals surface area contributed by atoms with E-state index in [1.54, 1.807) is 0 Å². The van der Waals surface area contributed by atoms with Gasteiger partial charge in [-0.2, -0.15) is 0 Å². The molecule has 1 aromatic rings. The number of benzene rings is 1. The quantitative estimate of drug-likeness (QED) is 0.917. The lowest BCUT2D eigenvalue weighted by Crippen LogP contribution is -2.30. The molecule has 0 radical (unpaired) electrons. The van der Waals surface area contributed by atoms with E-state index < -0.39 is 18.0 Å². The largest absolute Gasteiger partial charge is 0.481 e. The zero-order valence-electron chi connectivity index (χ0n) is 11.5. The van der Waals surface area contributed by atoms with E-state index in [0.717, 1.165) is 12.0 Å². The van der Waals surface area contributed by atoms with Gasteiger partial charge in [-0.1, -0.05) is 43.7 Å². The third-order valence-corrected chi connectivity index (χ3v) is 3.75. The van der Waals surface area contributed by atoms with Crippen LogP contribution in [0.3, 0.4) is 0 Å². The van der Waals surface area contributed by atoms with Crippen LogP contribution in [0.1, 0.15) is 18.9 Å². The summed E-state index contributed by atoms with van der Waals surface area (Å²) in [7, 11) is 0. The van der Waals surface area contributed by atoms with Gasteiger partial charge >= 0.3 is 12.1 Å². The molecule has 1 heterocycles. The molecule has 1 amide bonds. The topological polar surface area (TPSA) is 66.8 Å². The monoisotopic (exact) mass is 277 g/mol. The first-order valence-corrected chi connectivity index (χ1v) is 6.80. The second-order valence-electron chi connectivity index (χ2n) is 5.06. The average Bonchev–Trinajstić information content (AvgIpc) is 2.90. The molecule has 0 aromatic heterocycles. The van der Waals surface area contributed by atoms with Gasteiger partial charge in [-0.15, -0.1) is 0 Å². The lowest BCUT2D eigenvalue weighted by Gasteiger charge is -2.15. The van der Waals surface area contributed by atoms with Crippen LogP contribution in [0.5, 0.6) is 0 Å². The van der Waals surface area contributed by atoms with Crippen LogP contribution in [0, 0.1) is 11.8 Å². The molecule has 0 aliphatic carbocycles. The molecule has 108 valence electrons. The first-order valence-electron chi connectivity index (χ1n) is 6.80. The summed E-state index contributed by atoms with van der Waals surface area (Å²) in [4.78, 5) is 24.6. The number of ether oxygens (including phenoxy) is 1. The molecule has 5 nitrogen and oxygen atoms in total. The predicted molar refractivity (Wildman–Crippen MR) is 73.1 cm³/mol. The Hall–Kier alpha value is -2.04. The van der Waals surface area contributed by atoms with Gasteiger partial charge in [-0.3, -0.25) is 4.79 Å². The molecule has 1 aromatic carbocycles. The number of hydrogen-bond donors (Lipinski definition) is 1. The van der Waals surface area contributed by atoms with Crippen molar-refractivity contribution in [3.8, 4) is 0 Å². The fraction of sp³-hybridized carbons (Fsp3) is 0.467. The van der Waals surface area contributed by atoms with E-state index in [9.17, 15) is 9.59 Å². The van der Waals surface area contributed by atoms with Gasteiger partial charge < -0.3 is 14.7 Å². The molecule has 0 bridgehead atoms. The summed E-state index contributed by atoms with van der Waals surface area (Å²) < 4.78 is 5.23. The maximum atomic E-state index is 12.0. The fourth-order valence-electron chi connectivity index (χ4n) is 2.52. The molecular formula is C15H19NO4. The summed E-state index contributed by atoms with van der Waals surface area (Å²) in [5, 5.41) is 9.14. The lowest BCUT2D eigenvalue weighted by atomic mass is 9.94. The molecule has 20 heavy (non-hydrogen) atoms. The van der Waals surface area contributed by atoms with Crippen LogP contribution in [0.4, 0.5) is 4.79 Å². The normalized spacial score (nSPS) is 21.8. The minimum absolute atomic E-state index is 0.0109. The van der Waals surface area contributed by atoms with Gasteiger partial charge in [0.2, 0.25) is 0 Å². The summed E-state index contributed by atoms with van der Waals surface area (Å²) in [5.74, 6) is -1.31. The number of carboxylic acids is 1. The number of rotatable bonds is 4. The van der Waals surface area contributed by atoms with E-state index in [0.29, 0.717) is 6.54 Å². The molecule has 1 aliphatic rings. The van der Waals surface area contributed by atoms with E-state index >= 15 is 0 Å². The molecule has 0 unspecified atom stereocenters. The second-order valence-corrected chi connectivity index (χ2v) is 5.06. The van der Waals surface area contributed by atoms with Crippen LogP contribution in [-0.4, -0.2) is 35.2 Å². The van der Waals surface area contributed by atoms with E-state index in [1.165, 1.54) is 4.90 Å². The molecule has 1 saturated heterocycles. The Morgan fingerprint density at radius 1 is 1.30 bits per heavy atom. The average molecular weight is 277 g/mol. The van der Waals surface area contributed by atoms with Crippen LogP contribution >= 0.6 is 0 Å². The van der Waals surface area contributed by atoms with Crippen LogP contribution in [0.15, 0.2) is 30.3 Å². The summed E-state index contributed by atoms with van der Waals surface area (Å²) in [6.45, 7) is 2.85. The summed E-state index contributed by atoms with van der Waals surface area (Å²) in [6.07, 6.45) is 0.315. The third-order valence-electron chi connectivity index (χ3n) is 3.75. The zero-order chi connectivity index (χ0) is 14.5. The number of amides is 1. The highest BCUT2D eigenvalue weighted by molar-refractivity contribution is 5.74. The van der Waals surface area contributed by atoms with Crippen LogP contribution in [-0.2, 0) is 16.1 Å². The number of aliphatic carboxylic acids is 1. The minimum atomic E-state index is -0.838. The Labute approximate surface area is 118 Å². The van der Waals surface area contributed by atoms with E-state index in [2.05, 4.69) is 0 Å². The molecule has 1 aliphatic heterocycles. The molecule has 0 saturated carbocycles. The Morgan fingerprint density at radius 3 is 2.55 bits per heavy atom. The first kappa shape index (κ1) is 14.4.